The molecule has 0 aromatic carbocycles. The Morgan fingerprint density at radius 1 is 1.44 bits per heavy atom. The van der Waals surface area contributed by atoms with E-state index in [1.165, 1.54) is 4.88 Å². The SMILES string of the molecule is CCc1cnc(CNc2cc(N)ccn2)s1. The van der Waals surface area contributed by atoms with Crippen LogP contribution in [0, 0.1) is 0 Å². The third kappa shape index (κ3) is 2.70. The van der Waals surface area contributed by atoms with Gasteiger partial charge in [-0.15, -0.1) is 11.3 Å². The van der Waals surface area contributed by atoms with Crippen LogP contribution in [0.4, 0.5) is 11.5 Å². The van der Waals surface area contributed by atoms with Crippen molar-refractivity contribution in [2.75, 3.05) is 11.1 Å². The second-order valence-corrected chi connectivity index (χ2v) is 4.60. The molecule has 2 heterocycles. The van der Waals surface area contributed by atoms with Gasteiger partial charge in [-0.1, -0.05) is 6.92 Å². The summed E-state index contributed by atoms with van der Waals surface area (Å²) in [7, 11) is 0. The summed E-state index contributed by atoms with van der Waals surface area (Å²) in [6.07, 6.45) is 4.65. The number of thiazole rings is 1. The highest BCUT2D eigenvalue weighted by Crippen LogP contribution is 2.15. The smallest absolute Gasteiger partial charge is 0.128 e. The number of anilines is 2. The fraction of sp³-hybridized carbons (Fsp3) is 0.273. The summed E-state index contributed by atoms with van der Waals surface area (Å²) < 4.78 is 0. The van der Waals surface area contributed by atoms with Gasteiger partial charge in [-0.25, -0.2) is 9.97 Å². The third-order valence-corrected chi connectivity index (χ3v) is 3.30. The summed E-state index contributed by atoms with van der Waals surface area (Å²) in [5.41, 5.74) is 6.37. The Hall–Kier alpha value is -1.62. The number of nitrogens with two attached hydrogens (primary N) is 1. The molecule has 0 saturated heterocycles. The molecule has 2 rings (SSSR count). The van der Waals surface area contributed by atoms with Crippen molar-refractivity contribution in [3.63, 3.8) is 0 Å². The molecule has 0 aliphatic carbocycles. The Bertz CT molecular complexity index is 467. The molecule has 0 aliphatic heterocycles. The minimum atomic E-state index is 0.696. The number of pyridine rings is 1. The molecule has 0 atom stereocenters. The predicted octanol–water partition coefficient (Wildman–Crippen LogP) is 2.29. The van der Waals surface area contributed by atoms with Gasteiger partial charge in [0.2, 0.25) is 0 Å². The molecule has 16 heavy (non-hydrogen) atoms. The summed E-state index contributed by atoms with van der Waals surface area (Å²) in [6.45, 7) is 2.82. The van der Waals surface area contributed by atoms with E-state index in [9.17, 15) is 0 Å². The molecule has 0 aliphatic rings. The van der Waals surface area contributed by atoms with Crippen LogP contribution in [0.1, 0.15) is 16.8 Å². The second-order valence-electron chi connectivity index (χ2n) is 3.40. The normalized spacial score (nSPS) is 10.3. The van der Waals surface area contributed by atoms with Gasteiger partial charge in [0, 0.05) is 29.0 Å². The van der Waals surface area contributed by atoms with Gasteiger partial charge in [0.25, 0.3) is 0 Å². The van der Waals surface area contributed by atoms with Crippen molar-refractivity contribution < 1.29 is 0 Å². The standard InChI is InChI=1S/C11H14N4S/c1-2-9-6-15-11(16-9)7-14-10-5-8(12)3-4-13-10/h3-6H,2,7H2,1H3,(H3,12,13,14). The Morgan fingerprint density at radius 2 is 2.31 bits per heavy atom. The summed E-state index contributed by atoms with van der Waals surface area (Å²) in [5, 5.41) is 4.27. The molecule has 0 spiro atoms. The molecular formula is C11H14N4S. The van der Waals surface area contributed by atoms with E-state index in [1.807, 2.05) is 12.3 Å². The Balaban J connectivity index is 1.96. The van der Waals surface area contributed by atoms with Gasteiger partial charge < -0.3 is 11.1 Å². The topological polar surface area (TPSA) is 63.8 Å². The van der Waals surface area contributed by atoms with Gasteiger partial charge >= 0.3 is 0 Å². The molecule has 0 radical (unpaired) electrons. The molecule has 2 aromatic heterocycles. The molecule has 2 aromatic rings. The average Bonchev–Trinajstić information content (AvgIpc) is 2.74. The van der Waals surface area contributed by atoms with Crippen LogP contribution in [0.15, 0.2) is 24.5 Å². The van der Waals surface area contributed by atoms with Crippen LogP contribution in [-0.4, -0.2) is 9.97 Å². The van der Waals surface area contributed by atoms with Crippen molar-refractivity contribution in [1.29, 1.82) is 0 Å². The maximum Gasteiger partial charge on any atom is 0.128 e. The highest BCUT2D eigenvalue weighted by Gasteiger charge is 2.00. The van der Waals surface area contributed by atoms with Crippen molar-refractivity contribution in [2.45, 2.75) is 19.9 Å². The van der Waals surface area contributed by atoms with Crippen molar-refractivity contribution in [2.24, 2.45) is 0 Å². The van der Waals surface area contributed by atoms with Gasteiger partial charge in [-0.3, -0.25) is 0 Å². The maximum absolute atomic E-state index is 5.66. The maximum atomic E-state index is 5.66. The van der Waals surface area contributed by atoms with Crippen molar-refractivity contribution in [1.82, 2.24) is 9.97 Å². The van der Waals surface area contributed by atoms with E-state index >= 15 is 0 Å². The summed E-state index contributed by atoms with van der Waals surface area (Å²) in [5.74, 6) is 0.785. The van der Waals surface area contributed by atoms with Crippen molar-refractivity contribution in [3.8, 4) is 0 Å². The van der Waals surface area contributed by atoms with Crippen molar-refractivity contribution >= 4 is 22.8 Å². The number of hydrogen-bond acceptors (Lipinski definition) is 5. The third-order valence-electron chi connectivity index (χ3n) is 2.15. The van der Waals surface area contributed by atoms with Crippen LogP contribution in [0.2, 0.25) is 0 Å². The molecule has 0 unspecified atom stereocenters. The number of hydrogen-bond donors (Lipinski definition) is 2. The van der Waals surface area contributed by atoms with E-state index in [-0.39, 0.29) is 0 Å². The fourth-order valence-electron chi connectivity index (χ4n) is 1.30. The van der Waals surface area contributed by atoms with Gasteiger partial charge in [0.1, 0.15) is 10.8 Å². The van der Waals surface area contributed by atoms with Gasteiger partial charge in [0.05, 0.1) is 6.54 Å². The van der Waals surface area contributed by atoms with Gasteiger partial charge in [0.15, 0.2) is 0 Å². The average molecular weight is 234 g/mol. The fourth-order valence-corrected chi connectivity index (χ4v) is 2.11. The zero-order valence-corrected chi connectivity index (χ0v) is 9.92. The molecule has 4 nitrogen and oxygen atoms in total. The van der Waals surface area contributed by atoms with Crippen molar-refractivity contribution in [3.05, 3.63) is 34.4 Å². The predicted molar refractivity (Wildman–Crippen MR) is 67.5 cm³/mol. The monoisotopic (exact) mass is 234 g/mol. The molecule has 3 N–H and O–H groups in total. The van der Waals surface area contributed by atoms with Crippen LogP contribution < -0.4 is 11.1 Å². The molecule has 0 saturated carbocycles. The highest BCUT2D eigenvalue weighted by molar-refractivity contribution is 7.11. The summed E-state index contributed by atoms with van der Waals surface area (Å²) in [6, 6.07) is 3.58. The van der Waals surface area contributed by atoms with Crippen LogP contribution in [-0.2, 0) is 13.0 Å². The minimum absolute atomic E-state index is 0.696. The van der Waals surface area contributed by atoms with E-state index in [0.717, 1.165) is 17.2 Å². The van der Waals surface area contributed by atoms with E-state index in [0.29, 0.717) is 12.2 Å². The first-order chi connectivity index (χ1) is 7.78. The highest BCUT2D eigenvalue weighted by atomic mass is 32.1. The largest absolute Gasteiger partial charge is 0.399 e. The zero-order valence-electron chi connectivity index (χ0n) is 9.10. The number of nitrogens with one attached hydrogen (secondary N) is 1. The zero-order chi connectivity index (χ0) is 11.4. The Kier molecular flexibility index (Phi) is 3.36. The Labute approximate surface area is 98.6 Å². The van der Waals surface area contributed by atoms with Gasteiger partial charge in [-0.2, -0.15) is 0 Å². The van der Waals surface area contributed by atoms with E-state index in [4.69, 9.17) is 5.73 Å². The molecule has 84 valence electrons. The van der Waals surface area contributed by atoms with Crippen LogP contribution >= 0.6 is 11.3 Å². The first-order valence-corrected chi connectivity index (χ1v) is 5.98. The summed E-state index contributed by atoms with van der Waals surface area (Å²) in [4.78, 5) is 9.79. The quantitative estimate of drug-likeness (QED) is 0.852. The molecule has 0 fully saturated rings. The minimum Gasteiger partial charge on any atom is -0.399 e. The number of aromatic nitrogens is 2. The van der Waals surface area contributed by atoms with E-state index in [2.05, 4.69) is 22.2 Å². The lowest BCUT2D eigenvalue weighted by atomic mass is 10.4. The first-order valence-electron chi connectivity index (χ1n) is 5.17. The lowest BCUT2D eigenvalue weighted by Crippen LogP contribution is -2.01. The summed E-state index contributed by atoms with van der Waals surface area (Å²) >= 11 is 1.72. The van der Waals surface area contributed by atoms with E-state index in [1.54, 1.807) is 23.6 Å². The molecule has 0 amide bonds. The first kappa shape index (κ1) is 10.9. The van der Waals surface area contributed by atoms with Crippen LogP contribution in [0.3, 0.4) is 0 Å². The van der Waals surface area contributed by atoms with Crippen LogP contribution in [0.25, 0.3) is 0 Å². The van der Waals surface area contributed by atoms with E-state index < -0.39 is 0 Å². The Morgan fingerprint density at radius 3 is 3.00 bits per heavy atom. The number of aryl methyl sites for hydroxylation is 1. The van der Waals surface area contributed by atoms with Gasteiger partial charge in [-0.05, 0) is 12.5 Å². The number of nitrogens with zero attached hydrogens (tertiary/aromatic N) is 2. The molecule has 5 heteroatoms. The number of rotatable bonds is 4. The number of nitrogen functional groups attached to an aromatic ring is 1. The van der Waals surface area contributed by atoms with Crippen LogP contribution in [0.5, 0.6) is 0 Å². The molecular weight excluding hydrogens is 220 g/mol. The lowest BCUT2D eigenvalue weighted by molar-refractivity contribution is 1.07. The second kappa shape index (κ2) is 4.94. The lowest BCUT2D eigenvalue weighted by Gasteiger charge is -2.03. The molecule has 0 bridgehead atoms.